The van der Waals surface area contributed by atoms with Gasteiger partial charge in [0, 0.05) is 17.8 Å². The average molecular weight is 307 g/mol. The van der Waals surface area contributed by atoms with Crippen molar-refractivity contribution in [2.24, 2.45) is 0 Å². The highest BCUT2D eigenvalue weighted by Gasteiger charge is 2.03. The maximum absolute atomic E-state index is 11.7. The maximum Gasteiger partial charge on any atom is 0.230 e. The zero-order valence-electron chi connectivity index (χ0n) is 10.9. The van der Waals surface area contributed by atoms with Gasteiger partial charge in [0.15, 0.2) is 0 Å². The zero-order valence-corrected chi connectivity index (χ0v) is 12.5. The van der Waals surface area contributed by atoms with Crippen molar-refractivity contribution in [3.8, 4) is 0 Å². The van der Waals surface area contributed by atoms with Crippen LogP contribution in [0, 0.1) is 0 Å². The zero-order chi connectivity index (χ0) is 14.2. The number of hydrogen-bond acceptors (Lipinski definition) is 3. The first-order valence-electron chi connectivity index (χ1n) is 6.29. The highest BCUT2D eigenvalue weighted by molar-refractivity contribution is 7.99. The van der Waals surface area contributed by atoms with Crippen molar-refractivity contribution in [3.05, 3.63) is 59.2 Å². The van der Waals surface area contributed by atoms with Gasteiger partial charge in [0.2, 0.25) is 5.91 Å². The number of aromatic nitrogens is 1. The predicted molar refractivity (Wildman–Crippen MR) is 83.1 cm³/mol. The summed E-state index contributed by atoms with van der Waals surface area (Å²) >= 11 is 7.25. The van der Waals surface area contributed by atoms with Crippen LogP contribution < -0.4 is 5.32 Å². The molecule has 20 heavy (non-hydrogen) atoms. The van der Waals surface area contributed by atoms with E-state index in [-0.39, 0.29) is 5.91 Å². The van der Waals surface area contributed by atoms with Crippen LogP contribution in [0.2, 0.25) is 5.02 Å². The summed E-state index contributed by atoms with van der Waals surface area (Å²) in [4.78, 5) is 15.8. The summed E-state index contributed by atoms with van der Waals surface area (Å²) in [6.45, 7) is 0.628. The van der Waals surface area contributed by atoms with Crippen LogP contribution in [0.1, 0.15) is 5.56 Å². The third-order valence-corrected chi connectivity index (χ3v) is 3.83. The molecule has 0 aliphatic rings. The van der Waals surface area contributed by atoms with Crippen LogP contribution >= 0.6 is 23.4 Å². The van der Waals surface area contributed by atoms with Gasteiger partial charge in [-0.25, -0.2) is 4.98 Å². The van der Waals surface area contributed by atoms with Gasteiger partial charge in [-0.1, -0.05) is 41.6 Å². The molecule has 1 amide bonds. The van der Waals surface area contributed by atoms with Crippen molar-refractivity contribution in [3.63, 3.8) is 0 Å². The van der Waals surface area contributed by atoms with Crippen molar-refractivity contribution >= 4 is 29.3 Å². The largest absolute Gasteiger partial charge is 0.355 e. The lowest BCUT2D eigenvalue weighted by Gasteiger charge is -2.05. The SMILES string of the molecule is O=C(CSc1ccccn1)NCCc1ccc(Cl)cc1. The van der Waals surface area contributed by atoms with Crippen LogP contribution in [0.4, 0.5) is 0 Å². The monoisotopic (exact) mass is 306 g/mol. The number of hydrogen-bond donors (Lipinski definition) is 1. The van der Waals surface area contributed by atoms with E-state index in [0.29, 0.717) is 12.3 Å². The number of thioether (sulfide) groups is 1. The van der Waals surface area contributed by atoms with Crippen LogP contribution in [0.15, 0.2) is 53.7 Å². The lowest BCUT2D eigenvalue weighted by atomic mass is 10.1. The molecule has 0 aliphatic carbocycles. The van der Waals surface area contributed by atoms with Gasteiger partial charge >= 0.3 is 0 Å². The Hall–Kier alpha value is -1.52. The molecule has 2 aromatic rings. The molecular weight excluding hydrogens is 292 g/mol. The molecule has 0 aliphatic heterocycles. The highest BCUT2D eigenvalue weighted by Crippen LogP contribution is 2.13. The van der Waals surface area contributed by atoms with Crippen molar-refractivity contribution in [1.82, 2.24) is 10.3 Å². The Morgan fingerprint density at radius 2 is 2.00 bits per heavy atom. The minimum Gasteiger partial charge on any atom is -0.355 e. The first-order chi connectivity index (χ1) is 9.74. The van der Waals surface area contributed by atoms with Gasteiger partial charge in [0.05, 0.1) is 10.8 Å². The van der Waals surface area contributed by atoms with E-state index in [1.165, 1.54) is 11.8 Å². The molecule has 0 bridgehead atoms. The summed E-state index contributed by atoms with van der Waals surface area (Å²) in [6.07, 6.45) is 2.53. The minimum atomic E-state index is 0.0228. The Balaban J connectivity index is 1.66. The molecule has 0 spiro atoms. The Morgan fingerprint density at radius 1 is 1.20 bits per heavy atom. The second kappa shape index (κ2) is 7.92. The van der Waals surface area contributed by atoms with E-state index in [2.05, 4.69) is 10.3 Å². The third-order valence-electron chi connectivity index (χ3n) is 2.64. The number of rotatable bonds is 6. The molecule has 0 saturated heterocycles. The molecular formula is C15H15ClN2OS. The number of nitrogens with zero attached hydrogens (tertiary/aromatic N) is 1. The molecule has 1 aromatic carbocycles. The van der Waals surface area contributed by atoms with Crippen LogP contribution in [-0.2, 0) is 11.2 Å². The number of carbonyl (C=O) groups excluding carboxylic acids is 1. The van der Waals surface area contributed by atoms with E-state index in [9.17, 15) is 4.79 Å². The second-order valence-electron chi connectivity index (χ2n) is 4.18. The fourth-order valence-corrected chi connectivity index (χ4v) is 2.44. The minimum absolute atomic E-state index is 0.0228. The number of benzene rings is 1. The van der Waals surface area contributed by atoms with E-state index in [1.54, 1.807) is 6.20 Å². The van der Waals surface area contributed by atoms with Crippen LogP contribution in [0.5, 0.6) is 0 Å². The Kier molecular flexibility index (Phi) is 5.89. The molecule has 104 valence electrons. The average Bonchev–Trinajstić information content (AvgIpc) is 2.48. The smallest absolute Gasteiger partial charge is 0.230 e. The lowest BCUT2D eigenvalue weighted by molar-refractivity contribution is -0.118. The number of halogens is 1. The number of carbonyl (C=O) groups is 1. The van der Waals surface area contributed by atoms with Gasteiger partial charge in [-0.05, 0) is 36.2 Å². The van der Waals surface area contributed by atoms with Gasteiger partial charge < -0.3 is 5.32 Å². The molecule has 0 saturated carbocycles. The van der Waals surface area contributed by atoms with Crippen molar-refractivity contribution in [2.45, 2.75) is 11.4 Å². The number of nitrogens with one attached hydrogen (secondary N) is 1. The Bertz CT molecular complexity index is 546. The summed E-state index contributed by atoms with van der Waals surface area (Å²) in [5.41, 5.74) is 1.16. The van der Waals surface area contributed by atoms with Gasteiger partial charge in [-0.15, -0.1) is 0 Å². The summed E-state index contributed by atoms with van der Waals surface area (Å²) in [6, 6.07) is 13.3. The van der Waals surface area contributed by atoms with E-state index in [4.69, 9.17) is 11.6 Å². The van der Waals surface area contributed by atoms with Gasteiger partial charge in [0.25, 0.3) is 0 Å². The van der Waals surface area contributed by atoms with Crippen LogP contribution in [-0.4, -0.2) is 23.2 Å². The highest BCUT2D eigenvalue weighted by atomic mass is 35.5. The quantitative estimate of drug-likeness (QED) is 0.833. The van der Waals surface area contributed by atoms with Crippen LogP contribution in [0.25, 0.3) is 0 Å². The van der Waals surface area contributed by atoms with E-state index in [0.717, 1.165) is 22.0 Å². The molecule has 2 rings (SSSR count). The van der Waals surface area contributed by atoms with Crippen molar-refractivity contribution < 1.29 is 4.79 Å². The predicted octanol–water partition coefficient (Wildman–Crippen LogP) is 3.19. The molecule has 1 N–H and O–H groups in total. The molecule has 5 heteroatoms. The molecule has 0 unspecified atom stereocenters. The van der Waals surface area contributed by atoms with E-state index >= 15 is 0 Å². The standard InChI is InChI=1S/C15H15ClN2OS/c16-13-6-4-12(5-7-13)8-10-17-14(19)11-20-15-3-1-2-9-18-15/h1-7,9H,8,10-11H2,(H,17,19). The van der Waals surface area contributed by atoms with E-state index in [1.807, 2.05) is 42.5 Å². The first-order valence-corrected chi connectivity index (χ1v) is 7.65. The molecule has 1 heterocycles. The van der Waals surface area contributed by atoms with Gasteiger partial charge in [-0.2, -0.15) is 0 Å². The molecule has 0 atom stereocenters. The summed E-state index contributed by atoms with van der Waals surface area (Å²) in [5, 5.41) is 4.48. The summed E-state index contributed by atoms with van der Waals surface area (Å²) < 4.78 is 0. The van der Waals surface area contributed by atoms with Crippen molar-refractivity contribution in [1.29, 1.82) is 0 Å². The molecule has 0 radical (unpaired) electrons. The normalized spacial score (nSPS) is 10.2. The fraction of sp³-hybridized carbons (Fsp3) is 0.200. The second-order valence-corrected chi connectivity index (χ2v) is 5.62. The number of amides is 1. The fourth-order valence-electron chi connectivity index (χ4n) is 1.62. The lowest BCUT2D eigenvalue weighted by Crippen LogP contribution is -2.27. The molecule has 3 nitrogen and oxygen atoms in total. The Morgan fingerprint density at radius 3 is 2.70 bits per heavy atom. The van der Waals surface area contributed by atoms with Crippen molar-refractivity contribution in [2.75, 3.05) is 12.3 Å². The molecule has 1 aromatic heterocycles. The molecule has 0 fully saturated rings. The number of pyridine rings is 1. The van der Waals surface area contributed by atoms with Gasteiger partial charge in [0.1, 0.15) is 0 Å². The maximum atomic E-state index is 11.7. The van der Waals surface area contributed by atoms with E-state index < -0.39 is 0 Å². The van der Waals surface area contributed by atoms with Gasteiger partial charge in [-0.3, -0.25) is 4.79 Å². The summed E-state index contributed by atoms with van der Waals surface area (Å²) in [5.74, 6) is 0.409. The third kappa shape index (κ3) is 5.23. The first kappa shape index (κ1) is 14.9. The Labute approximate surface area is 127 Å². The topological polar surface area (TPSA) is 42.0 Å². The summed E-state index contributed by atoms with van der Waals surface area (Å²) in [7, 11) is 0. The van der Waals surface area contributed by atoms with Crippen LogP contribution in [0.3, 0.4) is 0 Å².